The van der Waals surface area contributed by atoms with Crippen LogP contribution in [0.3, 0.4) is 0 Å². The first-order valence-electron chi connectivity index (χ1n) is 8.59. The lowest BCUT2D eigenvalue weighted by molar-refractivity contribution is -0.125. The molecule has 2 N–H and O–H groups in total. The lowest BCUT2D eigenvalue weighted by Gasteiger charge is -2.27. The van der Waals surface area contributed by atoms with E-state index in [2.05, 4.69) is 17.2 Å². The second-order valence-corrected chi connectivity index (χ2v) is 7.36. The van der Waals surface area contributed by atoms with Gasteiger partial charge in [-0.2, -0.15) is 0 Å². The summed E-state index contributed by atoms with van der Waals surface area (Å²) < 4.78 is 5.26. The van der Waals surface area contributed by atoms with Gasteiger partial charge in [0, 0.05) is 0 Å². The predicted octanol–water partition coefficient (Wildman–Crippen LogP) is 3.97. The first-order valence-corrected chi connectivity index (χ1v) is 8.59. The van der Waals surface area contributed by atoms with Crippen LogP contribution in [0.2, 0.25) is 0 Å². The molecule has 1 unspecified atom stereocenters. The Morgan fingerprint density at radius 1 is 1.16 bits per heavy atom. The molecule has 0 heterocycles. The first-order chi connectivity index (χ1) is 11.6. The van der Waals surface area contributed by atoms with E-state index >= 15 is 0 Å². The van der Waals surface area contributed by atoms with Gasteiger partial charge in [-0.15, -0.1) is 6.58 Å². The Morgan fingerprint density at radius 2 is 1.76 bits per heavy atom. The van der Waals surface area contributed by atoms with E-state index in [1.807, 2.05) is 44.2 Å². The zero-order chi connectivity index (χ0) is 19.0. The first kappa shape index (κ1) is 20.7. The van der Waals surface area contributed by atoms with E-state index in [1.54, 1.807) is 26.8 Å². The number of carbonyl (C=O) groups is 2. The van der Waals surface area contributed by atoms with Gasteiger partial charge in [0.25, 0.3) is 0 Å². The summed E-state index contributed by atoms with van der Waals surface area (Å²) in [6, 6.07) is 8.84. The van der Waals surface area contributed by atoms with Crippen molar-refractivity contribution in [2.24, 2.45) is 5.92 Å². The average Bonchev–Trinajstić information content (AvgIpc) is 2.51. The van der Waals surface area contributed by atoms with Gasteiger partial charge in [-0.3, -0.25) is 4.79 Å². The maximum atomic E-state index is 12.7. The van der Waals surface area contributed by atoms with Crippen LogP contribution in [0.4, 0.5) is 4.79 Å². The summed E-state index contributed by atoms with van der Waals surface area (Å²) in [5.41, 5.74) is 0.382. The van der Waals surface area contributed by atoms with Crippen LogP contribution in [0.5, 0.6) is 0 Å². The summed E-state index contributed by atoms with van der Waals surface area (Å²) in [7, 11) is 0. The smallest absolute Gasteiger partial charge is 0.408 e. The van der Waals surface area contributed by atoms with E-state index < -0.39 is 17.7 Å². The van der Waals surface area contributed by atoms with E-state index in [1.165, 1.54) is 0 Å². The van der Waals surface area contributed by atoms with Gasteiger partial charge in [0.2, 0.25) is 5.91 Å². The molecule has 1 rings (SSSR count). The van der Waals surface area contributed by atoms with Crippen molar-refractivity contribution >= 4 is 12.0 Å². The van der Waals surface area contributed by atoms with Gasteiger partial charge in [-0.25, -0.2) is 4.79 Å². The molecule has 0 aliphatic carbocycles. The highest BCUT2D eigenvalue weighted by molar-refractivity contribution is 5.86. The van der Waals surface area contributed by atoms with E-state index in [0.29, 0.717) is 6.42 Å². The summed E-state index contributed by atoms with van der Waals surface area (Å²) in [5.74, 6) is -0.316. The third kappa shape index (κ3) is 7.42. The average molecular weight is 346 g/mol. The fraction of sp³-hybridized carbons (Fsp3) is 0.500. The van der Waals surface area contributed by atoms with Crippen LogP contribution in [0, 0.1) is 5.92 Å². The molecular formula is C20H30N2O3. The van der Waals surface area contributed by atoms with E-state index in [-0.39, 0.29) is 17.9 Å². The molecule has 138 valence electrons. The topological polar surface area (TPSA) is 67.4 Å². The monoisotopic (exact) mass is 346 g/mol. The van der Waals surface area contributed by atoms with Gasteiger partial charge in [-0.05, 0) is 38.7 Å². The molecule has 0 saturated carbocycles. The number of hydrogen-bond donors (Lipinski definition) is 2. The Balaban J connectivity index is 2.83. The van der Waals surface area contributed by atoms with Gasteiger partial charge in [0.05, 0.1) is 6.04 Å². The molecule has 5 heteroatoms. The molecule has 0 aromatic heterocycles. The molecule has 0 spiro atoms. The summed E-state index contributed by atoms with van der Waals surface area (Å²) in [6.07, 6.45) is 1.78. The van der Waals surface area contributed by atoms with Gasteiger partial charge < -0.3 is 15.4 Å². The van der Waals surface area contributed by atoms with Gasteiger partial charge in [-0.1, -0.05) is 50.3 Å². The number of amides is 2. The van der Waals surface area contributed by atoms with Crippen LogP contribution in [-0.4, -0.2) is 23.6 Å². The Bertz CT molecular complexity index is 576. The van der Waals surface area contributed by atoms with E-state index in [4.69, 9.17) is 4.74 Å². The van der Waals surface area contributed by atoms with Crippen molar-refractivity contribution in [3.8, 4) is 0 Å². The SMILES string of the molecule is C=CCC(NC(=O)[C@@H](NC(=O)OC(C)(C)C)C(C)C)c1ccccc1. The van der Waals surface area contributed by atoms with Gasteiger partial charge in [0.1, 0.15) is 11.6 Å². The number of benzene rings is 1. The highest BCUT2D eigenvalue weighted by Crippen LogP contribution is 2.18. The standard InChI is InChI=1S/C20H30N2O3/c1-7-11-16(15-12-9-8-10-13-15)21-18(23)17(14(2)3)22-19(24)25-20(4,5)6/h7-10,12-14,16-17H,1,11H2,2-6H3,(H,21,23)(H,22,24)/t16?,17-/m0/s1. The van der Waals surface area contributed by atoms with Crippen LogP contribution in [0.1, 0.15) is 52.6 Å². The third-order valence-corrected chi connectivity index (χ3v) is 3.54. The van der Waals surface area contributed by atoms with Crippen molar-refractivity contribution in [2.75, 3.05) is 0 Å². The molecule has 1 aromatic carbocycles. The van der Waals surface area contributed by atoms with Crippen LogP contribution in [0.15, 0.2) is 43.0 Å². The molecule has 5 nitrogen and oxygen atoms in total. The minimum atomic E-state index is -0.675. The highest BCUT2D eigenvalue weighted by Gasteiger charge is 2.28. The van der Waals surface area contributed by atoms with E-state index in [0.717, 1.165) is 5.56 Å². The lowest BCUT2D eigenvalue weighted by Crippen LogP contribution is -2.51. The molecule has 0 aliphatic heterocycles. The molecule has 0 saturated heterocycles. The molecule has 0 bridgehead atoms. The van der Waals surface area contributed by atoms with Crippen molar-refractivity contribution in [3.05, 3.63) is 48.6 Å². The molecule has 1 aromatic rings. The zero-order valence-electron chi connectivity index (χ0n) is 15.8. The predicted molar refractivity (Wildman–Crippen MR) is 100 cm³/mol. The second kappa shape index (κ2) is 9.25. The number of hydrogen-bond acceptors (Lipinski definition) is 3. The van der Waals surface area contributed by atoms with Crippen molar-refractivity contribution in [1.82, 2.24) is 10.6 Å². The van der Waals surface area contributed by atoms with Crippen LogP contribution < -0.4 is 10.6 Å². The van der Waals surface area contributed by atoms with Crippen LogP contribution >= 0.6 is 0 Å². The Kier molecular flexibility index (Phi) is 7.68. The fourth-order valence-electron chi connectivity index (χ4n) is 2.36. The minimum Gasteiger partial charge on any atom is -0.444 e. The summed E-state index contributed by atoms with van der Waals surface area (Å²) in [5, 5.41) is 5.68. The number of carbonyl (C=O) groups excluding carboxylic acids is 2. The number of alkyl carbamates (subject to hydrolysis) is 1. The molecule has 0 fully saturated rings. The third-order valence-electron chi connectivity index (χ3n) is 3.54. The minimum absolute atomic E-state index is 0.0762. The number of rotatable bonds is 7. The fourth-order valence-corrected chi connectivity index (χ4v) is 2.36. The maximum absolute atomic E-state index is 12.7. The van der Waals surface area contributed by atoms with E-state index in [9.17, 15) is 9.59 Å². The molecule has 2 atom stereocenters. The largest absolute Gasteiger partial charge is 0.444 e. The highest BCUT2D eigenvalue weighted by atomic mass is 16.6. The number of ether oxygens (including phenoxy) is 1. The van der Waals surface area contributed by atoms with Crippen molar-refractivity contribution < 1.29 is 14.3 Å². The molecule has 25 heavy (non-hydrogen) atoms. The van der Waals surface area contributed by atoms with Crippen LogP contribution in [0.25, 0.3) is 0 Å². The molecule has 0 radical (unpaired) electrons. The maximum Gasteiger partial charge on any atom is 0.408 e. The lowest BCUT2D eigenvalue weighted by atomic mass is 10.00. The Labute approximate surface area is 150 Å². The second-order valence-electron chi connectivity index (χ2n) is 7.36. The van der Waals surface area contributed by atoms with Crippen LogP contribution in [-0.2, 0) is 9.53 Å². The van der Waals surface area contributed by atoms with Crippen molar-refractivity contribution in [2.45, 2.75) is 58.7 Å². The van der Waals surface area contributed by atoms with Crippen molar-refractivity contribution in [3.63, 3.8) is 0 Å². The quantitative estimate of drug-likeness (QED) is 0.734. The summed E-state index contributed by atoms with van der Waals surface area (Å²) >= 11 is 0. The zero-order valence-corrected chi connectivity index (χ0v) is 15.8. The Hall–Kier alpha value is -2.30. The summed E-state index contributed by atoms with van der Waals surface area (Å²) in [6.45, 7) is 12.9. The summed E-state index contributed by atoms with van der Waals surface area (Å²) in [4.78, 5) is 24.8. The van der Waals surface area contributed by atoms with Gasteiger partial charge >= 0.3 is 6.09 Å². The van der Waals surface area contributed by atoms with Gasteiger partial charge in [0.15, 0.2) is 0 Å². The molecular weight excluding hydrogens is 316 g/mol. The number of nitrogens with one attached hydrogen (secondary N) is 2. The Morgan fingerprint density at radius 3 is 2.24 bits per heavy atom. The normalized spacial score (nSPS) is 13.7. The van der Waals surface area contributed by atoms with Crippen molar-refractivity contribution in [1.29, 1.82) is 0 Å². The molecule has 0 aliphatic rings. The molecule has 2 amide bonds.